The summed E-state index contributed by atoms with van der Waals surface area (Å²) in [6.45, 7) is 4.61. The fraction of sp³-hybridized carbons (Fsp3) is 0.381. The van der Waals surface area contributed by atoms with Crippen molar-refractivity contribution in [3.63, 3.8) is 0 Å². The summed E-state index contributed by atoms with van der Waals surface area (Å²) in [5.74, 6) is 0.689. The fourth-order valence-electron chi connectivity index (χ4n) is 3.41. The highest BCUT2D eigenvalue weighted by atomic mass is 35.5. The summed E-state index contributed by atoms with van der Waals surface area (Å²) in [6, 6.07) is 12.0. The Hall–Kier alpha value is -2.24. The average Bonchev–Trinajstić information content (AvgIpc) is 2.70. The highest BCUT2D eigenvalue weighted by Gasteiger charge is 2.21. The van der Waals surface area contributed by atoms with Crippen LogP contribution in [0, 0.1) is 0 Å². The minimum Gasteiger partial charge on any atom is -0.493 e. The first-order chi connectivity index (χ1) is 13.0. The molecular formula is C21H25ClN2O3. The van der Waals surface area contributed by atoms with Crippen LogP contribution in [-0.2, 0) is 13.0 Å². The van der Waals surface area contributed by atoms with Crippen LogP contribution in [0.4, 0.5) is 0 Å². The lowest BCUT2D eigenvalue weighted by atomic mass is 9.99. The van der Waals surface area contributed by atoms with Crippen LogP contribution >= 0.6 is 11.6 Å². The summed E-state index contributed by atoms with van der Waals surface area (Å²) in [6.07, 6.45) is 1.04. The third-order valence-electron chi connectivity index (χ3n) is 5.04. The molecule has 0 aromatic heterocycles. The number of halogens is 1. The number of benzene rings is 2. The first kappa shape index (κ1) is 19.5. The monoisotopic (exact) mass is 388 g/mol. The fourth-order valence-corrected chi connectivity index (χ4v) is 3.70. The van der Waals surface area contributed by atoms with Gasteiger partial charge in [0.1, 0.15) is 0 Å². The lowest BCUT2D eigenvalue weighted by Gasteiger charge is -2.33. The molecule has 2 aromatic carbocycles. The molecule has 144 valence electrons. The summed E-state index contributed by atoms with van der Waals surface area (Å²) < 4.78 is 10.5. The van der Waals surface area contributed by atoms with Crippen LogP contribution in [0.2, 0.25) is 5.02 Å². The minimum atomic E-state index is -0.179. The Morgan fingerprint density at radius 2 is 1.96 bits per heavy atom. The lowest BCUT2D eigenvalue weighted by Crippen LogP contribution is -2.44. The SMILES string of the molecule is COc1cc(C(=O)NCC(C)N2CCc3ccccc3C2)cc(Cl)c1OC. The van der Waals surface area contributed by atoms with Gasteiger partial charge in [-0.25, -0.2) is 0 Å². The molecular weight excluding hydrogens is 364 g/mol. The largest absolute Gasteiger partial charge is 0.493 e. The molecule has 1 unspecified atom stereocenters. The van der Waals surface area contributed by atoms with Gasteiger partial charge < -0.3 is 14.8 Å². The van der Waals surface area contributed by atoms with Gasteiger partial charge in [0.25, 0.3) is 5.91 Å². The van der Waals surface area contributed by atoms with Gasteiger partial charge in [0, 0.05) is 31.2 Å². The van der Waals surface area contributed by atoms with Crippen molar-refractivity contribution in [3.05, 3.63) is 58.1 Å². The Bertz CT molecular complexity index is 825. The van der Waals surface area contributed by atoms with E-state index in [4.69, 9.17) is 21.1 Å². The van der Waals surface area contributed by atoms with Crippen LogP contribution < -0.4 is 14.8 Å². The van der Waals surface area contributed by atoms with Crippen molar-refractivity contribution in [1.29, 1.82) is 0 Å². The Morgan fingerprint density at radius 3 is 2.67 bits per heavy atom. The van der Waals surface area contributed by atoms with Crippen LogP contribution in [0.5, 0.6) is 11.5 Å². The standard InChI is InChI=1S/C21H25ClN2O3/c1-14(24-9-8-15-6-4-5-7-16(15)13-24)12-23-21(25)17-10-18(22)20(27-3)19(11-17)26-2/h4-7,10-11,14H,8-9,12-13H2,1-3H3,(H,23,25). The van der Waals surface area contributed by atoms with Crippen molar-refractivity contribution in [2.75, 3.05) is 27.3 Å². The Labute approximate surface area is 165 Å². The molecule has 6 heteroatoms. The molecule has 5 nitrogen and oxygen atoms in total. The molecule has 0 saturated carbocycles. The van der Waals surface area contributed by atoms with Gasteiger partial charge in [0.05, 0.1) is 19.2 Å². The molecule has 1 atom stereocenters. The summed E-state index contributed by atoms with van der Waals surface area (Å²) in [5, 5.41) is 3.35. The number of ether oxygens (including phenoxy) is 2. The summed E-state index contributed by atoms with van der Waals surface area (Å²) >= 11 is 6.20. The Morgan fingerprint density at radius 1 is 1.22 bits per heavy atom. The summed E-state index contributed by atoms with van der Waals surface area (Å²) in [5.41, 5.74) is 3.24. The van der Waals surface area contributed by atoms with Crippen LogP contribution in [0.1, 0.15) is 28.4 Å². The highest BCUT2D eigenvalue weighted by Crippen LogP contribution is 2.36. The van der Waals surface area contributed by atoms with Crippen molar-refractivity contribution in [3.8, 4) is 11.5 Å². The molecule has 27 heavy (non-hydrogen) atoms. The van der Waals surface area contributed by atoms with Crippen molar-refractivity contribution in [2.45, 2.75) is 25.9 Å². The van der Waals surface area contributed by atoms with E-state index in [2.05, 4.69) is 41.4 Å². The maximum atomic E-state index is 12.6. The third-order valence-corrected chi connectivity index (χ3v) is 5.32. The second-order valence-electron chi connectivity index (χ2n) is 6.74. The van der Waals surface area contributed by atoms with Crippen molar-refractivity contribution in [2.24, 2.45) is 0 Å². The molecule has 0 bridgehead atoms. The molecule has 2 aromatic rings. The second-order valence-corrected chi connectivity index (χ2v) is 7.15. The number of methoxy groups -OCH3 is 2. The zero-order valence-corrected chi connectivity index (χ0v) is 16.7. The number of carbonyl (C=O) groups is 1. The summed E-state index contributed by atoms with van der Waals surface area (Å²) in [4.78, 5) is 15.0. The quantitative estimate of drug-likeness (QED) is 0.822. The van der Waals surface area contributed by atoms with Crippen molar-refractivity contribution in [1.82, 2.24) is 10.2 Å². The molecule has 1 N–H and O–H groups in total. The molecule has 1 aliphatic rings. The zero-order valence-electron chi connectivity index (χ0n) is 15.9. The summed E-state index contributed by atoms with van der Waals surface area (Å²) in [7, 11) is 3.04. The van der Waals surface area contributed by atoms with Crippen LogP contribution in [-0.4, -0.2) is 44.2 Å². The molecule has 0 saturated heterocycles. The van der Waals surface area contributed by atoms with E-state index in [0.717, 1.165) is 19.5 Å². The number of amides is 1. The van der Waals surface area contributed by atoms with Gasteiger partial charge in [-0.3, -0.25) is 9.69 Å². The zero-order chi connectivity index (χ0) is 19.4. The number of rotatable bonds is 6. The molecule has 0 aliphatic carbocycles. The maximum Gasteiger partial charge on any atom is 0.251 e. The van der Waals surface area contributed by atoms with E-state index in [1.165, 1.54) is 25.3 Å². The first-order valence-corrected chi connectivity index (χ1v) is 9.41. The van der Waals surface area contributed by atoms with Crippen molar-refractivity contribution < 1.29 is 14.3 Å². The normalized spacial score (nSPS) is 15.0. The van der Waals surface area contributed by atoms with Gasteiger partial charge in [-0.15, -0.1) is 0 Å². The molecule has 1 heterocycles. The number of carbonyl (C=O) groups excluding carboxylic acids is 1. The molecule has 0 fully saturated rings. The Kier molecular flexibility index (Phi) is 6.24. The van der Waals surface area contributed by atoms with E-state index < -0.39 is 0 Å². The maximum absolute atomic E-state index is 12.6. The number of hydrogen-bond acceptors (Lipinski definition) is 4. The van der Waals surface area contributed by atoms with Crippen LogP contribution in [0.25, 0.3) is 0 Å². The van der Waals surface area contributed by atoms with Gasteiger partial charge in [-0.1, -0.05) is 35.9 Å². The smallest absolute Gasteiger partial charge is 0.251 e. The van der Waals surface area contributed by atoms with Gasteiger partial charge in [-0.2, -0.15) is 0 Å². The van der Waals surface area contributed by atoms with E-state index >= 15 is 0 Å². The predicted molar refractivity (Wildman–Crippen MR) is 107 cm³/mol. The van der Waals surface area contributed by atoms with Gasteiger partial charge in [0.15, 0.2) is 11.5 Å². The average molecular weight is 389 g/mol. The number of hydrogen-bond donors (Lipinski definition) is 1. The topological polar surface area (TPSA) is 50.8 Å². The number of fused-ring (bicyclic) bond motifs is 1. The lowest BCUT2D eigenvalue weighted by molar-refractivity contribution is 0.0932. The van der Waals surface area contributed by atoms with Gasteiger partial charge in [0.2, 0.25) is 0 Å². The number of nitrogens with one attached hydrogen (secondary N) is 1. The van der Waals surface area contributed by atoms with E-state index in [1.807, 2.05) is 0 Å². The Balaban J connectivity index is 1.62. The van der Waals surface area contributed by atoms with Gasteiger partial charge in [-0.05, 0) is 36.6 Å². The molecule has 0 radical (unpaired) electrons. The number of nitrogens with zero attached hydrogens (tertiary/aromatic N) is 1. The molecule has 3 rings (SSSR count). The van der Waals surface area contributed by atoms with E-state index in [-0.39, 0.29) is 11.9 Å². The van der Waals surface area contributed by atoms with Crippen molar-refractivity contribution >= 4 is 17.5 Å². The third kappa shape index (κ3) is 4.37. The van der Waals surface area contributed by atoms with Crippen LogP contribution in [0.3, 0.4) is 0 Å². The van der Waals surface area contributed by atoms with E-state index in [1.54, 1.807) is 12.1 Å². The van der Waals surface area contributed by atoms with Gasteiger partial charge >= 0.3 is 0 Å². The molecule has 1 amide bonds. The second kappa shape index (κ2) is 8.63. The molecule has 0 spiro atoms. The predicted octanol–water partition coefficient (Wildman–Crippen LogP) is 3.53. The minimum absolute atomic E-state index is 0.179. The molecule has 1 aliphatic heterocycles. The van der Waals surface area contributed by atoms with E-state index in [0.29, 0.717) is 28.6 Å². The van der Waals surface area contributed by atoms with E-state index in [9.17, 15) is 4.79 Å². The first-order valence-electron chi connectivity index (χ1n) is 9.04. The van der Waals surface area contributed by atoms with Crippen LogP contribution in [0.15, 0.2) is 36.4 Å². The highest BCUT2D eigenvalue weighted by molar-refractivity contribution is 6.32.